The highest BCUT2D eigenvalue weighted by molar-refractivity contribution is 6.34. The molecule has 0 aliphatic rings. The molecule has 0 saturated heterocycles. The number of hydrogen-bond acceptors (Lipinski definition) is 5. The molecule has 8 nitrogen and oxygen atoms in total. The molecular formula is C35H44ClN3O5. The second kappa shape index (κ2) is 16.1. The molecule has 2 unspecified atom stereocenters. The summed E-state index contributed by atoms with van der Waals surface area (Å²) in [6.07, 6.45) is 2.94. The number of carbonyl (C=O) groups excluding carboxylic acids is 3. The van der Waals surface area contributed by atoms with Crippen LogP contribution in [0.25, 0.3) is 0 Å². The molecule has 3 aromatic rings. The van der Waals surface area contributed by atoms with Gasteiger partial charge in [0, 0.05) is 13.0 Å². The van der Waals surface area contributed by atoms with Crippen molar-refractivity contribution in [2.75, 3.05) is 11.9 Å². The van der Waals surface area contributed by atoms with Crippen molar-refractivity contribution in [1.29, 1.82) is 0 Å². The lowest BCUT2D eigenvalue weighted by Gasteiger charge is -2.35. The lowest BCUT2D eigenvalue weighted by atomic mass is 9.99. The minimum atomic E-state index is -1.08. The molecule has 9 heteroatoms. The van der Waals surface area contributed by atoms with Gasteiger partial charge in [-0.2, -0.15) is 0 Å². The topological polar surface area (TPSA) is 108 Å². The van der Waals surface area contributed by atoms with Crippen molar-refractivity contribution in [3.05, 3.63) is 94.5 Å². The largest absolute Gasteiger partial charge is 0.508 e. The summed E-state index contributed by atoms with van der Waals surface area (Å²) in [7, 11) is 0. The van der Waals surface area contributed by atoms with Crippen molar-refractivity contribution in [2.45, 2.75) is 84.4 Å². The number of aromatic hydroxyl groups is 1. The molecule has 0 bridgehead atoms. The number of rotatable bonds is 13. The minimum absolute atomic E-state index is 0.0317. The maximum atomic E-state index is 14.6. The summed E-state index contributed by atoms with van der Waals surface area (Å²) >= 11 is 6.47. The summed E-state index contributed by atoms with van der Waals surface area (Å²) in [5.41, 5.74) is 1.79. The summed E-state index contributed by atoms with van der Waals surface area (Å²) in [5.74, 6) is -0.865. The molecule has 0 aromatic heterocycles. The van der Waals surface area contributed by atoms with E-state index in [1.807, 2.05) is 43.3 Å². The fraction of sp³-hybridized carbons (Fsp3) is 0.400. The van der Waals surface area contributed by atoms with Gasteiger partial charge >= 0.3 is 6.09 Å². The normalized spacial score (nSPS) is 12.6. The van der Waals surface area contributed by atoms with Gasteiger partial charge in [-0.25, -0.2) is 4.79 Å². The zero-order chi connectivity index (χ0) is 32.3. The van der Waals surface area contributed by atoms with E-state index in [1.54, 1.807) is 45.0 Å². The molecule has 3 amide bonds. The third-order valence-corrected chi connectivity index (χ3v) is 7.36. The molecule has 0 aliphatic carbocycles. The van der Waals surface area contributed by atoms with E-state index in [9.17, 15) is 19.5 Å². The quantitative estimate of drug-likeness (QED) is 0.171. The Morgan fingerprint density at radius 3 is 2.23 bits per heavy atom. The first-order valence-corrected chi connectivity index (χ1v) is 15.5. The van der Waals surface area contributed by atoms with Gasteiger partial charge < -0.3 is 25.4 Å². The average Bonchev–Trinajstić information content (AvgIpc) is 2.96. The van der Waals surface area contributed by atoms with Crippen molar-refractivity contribution < 1.29 is 24.2 Å². The Labute approximate surface area is 265 Å². The summed E-state index contributed by atoms with van der Waals surface area (Å²) < 4.78 is 5.52. The minimum Gasteiger partial charge on any atom is -0.508 e. The van der Waals surface area contributed by atoms with E-state index >= 15 is 0 Å². The van der Waals surface area contributed by atoms with Crippen molar-refractivity contribution in [1.82, 2.24) is 10.2 Å². The number of ether oxygens (including phenoxy) is 1. The van der Waals surface area contributed by atoms with Crippen LogP contribution in [0.3, 0.4) is 0 Å². The number of aryl methyl sites for hydroxylation is 1. The highest BCUT2D eigenvalue weighted by Crippen LogP contribution is 2.30. The van der Waals surface area contributed by atoms with Crippen molar-refractivity contribution >= 4 is 35.2 Å². The van der Waals surface area contributed by atoms with Crippen LogP contribution in [0.4, 0.5) is 10.5 Å². The Balaban J connectivity index is 2.08. The first kappa shape index (κ1) is 34.5. The highest BCUT2D eigenvalue weighted by Gasteiger charge is 2.36. The van der Waals surface area contributed by atoms with Gasteiger partial charge in [-0.05, 0) is 69.0 Å². The maximum Gasteiger partial charge on any atom is 0.408 e. The van der Waals surface area contributed by atoms with E-state index < -0.39 is 35.6 Å². The summed E-state index contributed by atoms with van der Waals surface area (Å²) in [4.78, 5) is 43.3. The third-order valence-electron chi connectivity index (χ3n) is 7.05. The Bertz CT molecular complexity index is 1370. The number of hydrogen-bond donors (Lipinski definition) is 3. The number of alkyl carbamates (subject to hydrolysis) is 1. The van der Waals surface area contributed by atoms with Crippen molar-refractivity contribution in [3.63, 3.8) is 0 Å². The Morgan fingerprint density at radius 2 is 1.61 bits per heavy atom. The zero-order valence-electron chi connectivity index (χ0n) is 26.2. The lowest BCUT2D eigenvalue weighted by Crippen LogP contribution is -2.53. The fourth-order valence-corrected chi connectivity index (χ4v) is 5.16. The number of carbonyl (C=O) groups is 3. The number of nitrogens with one attached hydrogen (secondary N) is 2. The van der Waals surface area contributed by atoms with E-state index in [-0.39, 0.29) is 18.7 Å². The zero-order valence-corrected chi connectivity index (χ0v) is 27.0. The first-order valence-electron chi connectivity index (χ1n) is 15.1. The number of phenols is 1. The van der Waals surface area contributed by atoms with Gasteiger partial charge in [0.2, 0.25) is 5.91 Å². The molecular weight excluding hydrogens is 578 g/mol. The van der Waals surface area contributed by atoms with E-state index in [2.05, 4.69) is 17.6 Å². The number of benzene rings is 3. The van der Waals surface area contributed by atoms with E-state index in [0.717, 1.165) is 30.4 Å². The van der Waals surface area contributed by atoms with Crippen molar-refractivity contribution in [3.8, 4) is 5.75 Å². The standard InChI is InChI=1S/C35H44ClN3O5/c1-6-7-8-12-22-39(33(42)29(23-25-15-10-9-11-16-25)37-34(43)44-35(3,4)5)31(26-18-20-27(40)21-19-26)32(41)38-30-24(2)14-13-17-28(30)36/h9-11,13-21,29,31,40H,6-8,12,22-23H2,1-5H3,(H,37,43)(H,38,41). The van der Waals surface area contributed by atoms with Crippen LogP contribution in [0.5, 0.6) is 5.75 Å². The molecule has 0 saturated carbocycles. The second-order valence-corrected chi connectivity index (χ2v) is 12.3. The van der Waals surface area contributed by atoms with E-state index in [1.165, 1.54) is 17.0 Å². The average molecular weight is 622 g/mol. The molecule has 0 spiro atoms. The Kier molecular flexibility index (Phi) is 12.6. The summed E-state index contributed by atoms with van der Waals surface area (Å²) in [5, 5.41) is 16.1. The van der Waals surface area contributed by atoms with Crippen LogP contribution in [0, 0.1) is 6.92 Å². The van der Waals surface area contributed by atoms with Gasteiger partial charge in [-0.15, -0.1) is 0 Å². The fourth-order valence-electron chi connectivity index (χ4n) is 4.89. The lowest BCUT2D eigenvalue weighted by molar-refractivity contribution is -0.140. The molecule has 3 aromatic carbocycles. The van der Waals surface area contributed by atoms with Gasteiger partial charge in [0.05, 0.1) is 10.7 Å². The van der Waals surface area contributed by atoms with E-state index in [4.69, 9.17) is 16.3 Å². The Hall–Kier alpha value is -4.04. The SMILES string of the molecule is CCCCCCN(C(=O)C(Cc1ccccc1)NC(=O)OC(C)(C)C)C(C(=O)Nc1c(C)cccc1Cl)c1ccc(O)cc1. The molecule has 44 heavy (non-hydrogen) atoms. The van der Waals surface area contributed by atoms with Crippen LogP contribution in [0.15, 0.2) is 72.8 Å². The predicted molar refractivity (Wildman–Crippen MR) is 175 cm³/mol. The van der Waals surface area contributed by atoms with Gasteiger partial charge in [-0.3, -0.25) is 9.59 Å². The number of nitrogens with zero attached hydrogens (tertiary/aromatic N) is 1. The Morgan fingerprint density at radius 1 is 0.932 bits per heavy atom. The number of para-hydroxylation sites is 1. The van der Waals surface area contributed by atoms with Gasteiger partial charge in [0.25, 0.3) is 5.91 Å². The number of anilines is 1. The predicted octanol–water partition coefficient (Wildman–Crippen LogP) is 7.58. The van der Waals surface area contributed by atoms with Gasteiger partial charge in [0.1, 0.15) is 23.4 Å². The molecule has 0 heterocycles. The number of phenolic OH excluding ortho intramolecular Hbond substituents is 1. The molecule has 2 atom stereocenters. The molecule has 0 fully saturated rings. The smallest absolute Gasteiger partial charge is 0.408 e. The molecule has 0 radical (unpaired) electrons. The number of amides is 3. The van der Waals surface area contributed by atoms with Crippen LogP contribution in [0.2, 0.25) is 5.02 Å². The molecule has 3 N–H and O–H groups in total. The number of unbranched alkanes of at least 4 members (excludes halogenated alkanes) is 3. The van der Waals surface area contributed by atoms with Crippen LogP contribution in [0.1, 0.15) is 76.1 Å². The van der Waals surface area contributed by atoms with E-state index in [0.29, 0.717) is 22.7 Å². The monoisotopic (exact) mass is 621 g/mol. The molecule has 3 rings (SSSR count). The molecule has 236 valence electrons. The third kappa shape index (κ3) is 10.3. The van der Waals surface area contributed by atoms with Crippen LogP contribution in [-0.2, 0) is 20.7 Å². The molecule has 0 aliphatic heterocycles. The summed E-state index contributed by atoms with van der Waals surface area (Å²) in [6, 6.07) is 18.8. The van der Waals surface area contributed by atoms with Gasteiger partial charge in [-0.1, -0.05) is 92.4 Å². The van der Waals surface area contributed by atoms with Crippen molar-refractivity contribution in [2.24, 2.45) is 0 Å². The number of halogens is 1. The first-order chi connectivity index (χ1) is 20.9. The summed E-state index contributed by atoms with van der Waals surface area (Å²) in [6.45, 7) is 9.46. The highest BCUT2D eigenvalue weighted by atomic mass is 35.5. The van der Waals surface area contributed by atoms with Crippen LogP contribution >= 0.6 is 11.6 Å². The van der Waals surface area contributed by atoms with Crippen LogP contribution < -0.4 is 10.6 Å². The van der Waals surface area contributed by atoms with Crippen LogP contribution in [-0.4, -0.2) is 46.1 Å². The van der Waals surface area contributed by atoms with Gasteiger partial charge in [0.15, 0.2) is 0 Å². The second-order valence-electron chi connectivity index (χ2n) is 11.9. The maximum absolute atomic E-state index is 14.6.